The first kappa shape index (κ1) is 20.4. The predicted molar refractivity (Wildman–Crippen MR) is 111 cm³/mol. The van der Waals surface area contributed by atoms with Gasteiger partial charge in [-0.3, -0.25) is 14.9 Å². The minimum Gasteiger partial charge on any atom is -0.423 e. The Bertz CT molecular complexity index is 1120. The van der Waals surface area contributed by atoms with E-state index < -0.39 is 16.8 Å². The molecule has 0 radical (unpaired) electrons. The molecule has 30 heavy (non-hydrogen) atoms. The molecule has 0 aromatic heterocycles. The van der Waals surface area contributed by atoms with E-state index in [1.807, 2.05) is 13.0 Å². The average Bonchev–Trinajstić information content (AvgIpc) is 2.74. The van der Waals surface area contributed by atoms with Crippen molar-refractivity contribution >= 4 is 23.8 Å². The number of nitro groups is 1. The molecule has 0 unspecified atom stereocenters. The highest BCUT2D eigenvalue weighted by Gasteiger charge is 2.18. The minimum absolute atomic E-state index is 0.0851. The lowest BCUT2D eigenvalue weighted by molar-refractivity contribution is -0.385. The van der Waals surface area contributed by atoms with E-state index in [1.54, 1.807) is 42.5 Å². The van der Waals surface area contributed by atoms with Gasteiger partial charge in [-0.1, -0.05) is 29.8 Å². The average molecular weight is 403 g/mol. The number of hydrogen-bond donors (Lipinski definition) is 1. The third kappa shape index (κ3) is 5.14. The highest BCUT2D eigenvalue weighted by Crippen LogP contribution is 2.17. The summed E-state index contributed by atoms with van der Waals surface area (Å²) in [6, 6.07) is 19.2. The molecule has 0 fully saturated rings. The number of nitrogens with one attached hydrogen (secondary N) is 1. The maximum absolute atomic E-state index is 12.2. The summed E-state index contributed by atoms with van der Waals surface area (Å²) in [5, 5.41) is 14.8. The van der Waals surface area contributed by atoms with Gasteiger partial charge in [-0.25, -0.2) is 10.2 Å². The number of benzene rings is 3. The van der Waals surface area contributed by atoms with Crippen molar-refractivity contribution in [2.75, 3.05) is 0 Å². The zero-order valence-electron chi connectivity index (χ0n) is 15.9. The van der Waals surface area contributed by atoms with Gasteiger partial charge in [0.15, 0.2) is 0 Å². The number of hydrogen-bond acceptors (Lipinski definition) is 6. The smallest absolute Gasteiger partial charge is 0.343 e. The largest absolute Gasteiger partial charge is 0.423 e. The van der Waals surface area contributed by atoms with Crippen LogP contribution in [0.3, 0.4) is 0 Å². The van der Waals surface area contributed by atoms with Gasteiger partial charge in [0.25, 0.3) is 11.6 Å². The van der Waals surface area contributed by atoms with Crippen LogP contribution < -0.4 is 10.2 Å². The molecule has 1 amide bonds. The van der Waals surface area contributed by atoms with Gasteiger partial charge in [-0.05, 0) is 55.0 Å². The molecule has 3 rings (SSSR count). The first-order valence-corrected chi connectivity index (χ1v) is 8.90. The normalized spacial score (nSPS) is 10.6. The number of esters is 1. The molecular formula is C22H17N3O5. The fourth-order valence-electron chi connectivity index (χ4n) is 2.61. The Balaban J connectivity index is 1.60. The fraction of sp³-hybridized carbons (Fsp3) is 0.0455. The van der Waals surface area contributed by atoms with Crippen LogP contribution in [-0.4, -0.2) is 23.0 Å². The Morgan fingerprint density at radius 1 is 1.03 bits per heavy atom. The van der Waals surface area contributed by atoms with Crippen molar-refractivity contribution < 1.29 is 19.2 Å². The number of carbonyl (C=O) groups is 2. The molecule has 0 spiro atoms. The van der Waals surface area contributed by atoms with Gasteiger partial charge < -0.3 is 4.74 Å². The number of aryl methyl sites for hydroxylation is 1. The maximum Gasteiger partial charge on any atom is 0.343 e. The van der Waals surface area contributed by atoms with Crippen LogP contribution >= 0.6 is 0 Å². The summed E-state index contributed by atoms with van der Waals surface area (Å²) in [7, 11) is 0. The Morgan fingerprint density at radius 3 is 2.47 bits per heavy atom. The van der Waals surface area contributed by atoms with E-state index in [1.165, 1.54) is 30.5 Å². The van der Waals surface area contributed by atoms with Crippen LogP contribution in [0.4, 0.5) is 5.69 Å². The number of ether oxygens (including phenoxy) is 1. The second-order valence-electron chi connectivity index (χ2n) is 6.30. The lowest BCUT2D eigenvalue weighted by Gasteiger charge is -2.05. The molecule has 150 valence electrons. The summed E-state index contributed by atoms with van der Waals surface area (Å²) in [6.45, 7) is 1.89. The molecule has 0 heterocycles. The number of hydrazone groups is 1. The van der Waals surface area contributed by atoms with Crippen molar-refractivity contribution in [1.82, 2.24) is 5.43 Å². The molecule has 0 bridgehead atoms. The molecule has 1 N–H and O–H groups in total. The Morgan fingerprint density at radius 2 is 1.77 bits per heavy atom. The van der Waals surface area contributed by atoms with Gasteiger partial charge in [0.2, 0.25) is 0 Å². The van der Waals surface area contributed by atoms with Crippen molar-refractivity contribution in [1.29, 1.82) is 0 Å². The van der Waals surface area contributed by atoms with E-state index in [2.05, 4.69) is 10.5 Å². The molecule has 8 heteroatoms. The van der Waals surface area contributed by atoms with Crippen LogP contribution in [0.1, 0.15) is 31.8 Å². The van der Waals surface area contributed by atoms with Gasteiger partial charge >= 0.3 is 5.97 Å². The van der Waals surface area contributed by atoms with Crippen LogP contribution in [0.2, 0.25) is 0 Å². The number of rotatable bonds is 6. The van der Waals surface area contributed by atoms with E-state index >= 15 is 0 Å². The van der Waals surface area contributed by atoms with Gasteiger partial charge in [0, 0.05) is 6.07 Å². The summed E-state index contributed by atoms with van der Waals surface area (Å²) in [6.07, 6.45) is 1.37. The van der Waals surface area contributed by atoms with Gasteiger partial charge in [-0.15, -0.1) is 0 Å². The third-order valence-corrected chi connectivity index (χ3v) is 4.07. The number of amides is 1. The lowest BCUT2D eigenvalue weighted by atomic mass is 10.1. The van der Waals surface area contributed by atoms with Crippen molar-refractivity contribution in [3.8, 4) is 5.75 Å². The van der Waals surface area contributed by atoms with E-state index in [0.29, 0.717) is 16.9 Å². The highest BCUT2D eigenvalue weighted by atomic mass is 16.6. The topological polar surface area (TPSA) is 111 Å². The van der Waals surface area contributed by atoms with Crippen LogP contribution in [0.15, 0.2) is 77.9 Å². The molecular weight excluding hydrogens is 386 g/mol. The quantitative estimate of drug-likeness (QED) is 0.221. The molecule has 8 nitrogen and oxygen atoms in total. The second-order valence-corrected chi connectivity index (χ2v) is 6.30. The van der Waals surface area contributed by atoms with Crippen LogP contribution in [0.25, 0.3) is 0 Å². The zero-order chi connectivity index (χ0) is 21.5. The summed E-state index contributed by atoms with van der Waals surface area (Å²) in [5.41, 5.74) is 3.92. The van der Waals surface area contributed by atoms with Crippen molar-refractivity contribution in [3.63, 3.8) is 0 Å². The standard InChI is InChI=1S/C22H17N3O5/c1-15-5-4-6-17(13-15)22(27)30-18-11-9-16(10-12-18)14-23-24-21(26)19-7-2-3-8-20(19)25(28)29/h2-14H,1H3,(H,24,26)/b23-14-. The van der Waals surface area contributed by atoms with E-state index in [-0.39, 0.29) is 11.3 Å². The number of nitrogens with zero attached hydrogens (tertiary/aromatic N) is 2. The third-order valence-electron chi connectivity index (χ3n) is 4.07. The number of para-hydroxylation sites is 1. The highest BCUT2D eigenvalue weighted by molar-refractivity contribution is 5.98. The van der Waals surface area contributed by atoms with Crippen LogP contribution in [0.5, 0.6) is 5.75 Å². The van der Waals surface area contributed by atoms with Crippen LogP contribution in [0, 0.1) is 17.0 Å². The predicted octanol–water partition coefficient (Wildman–Crippen LogP) is 3.89. The van der Waals surface area contributed by atoms with E-state index in [9.17, 15) is 19.7 Å². The van der Waals surface area contributed by atoms with Crippen LogP contribution in [-0.2, 0) is 0 Å². The van der Waals surface area contributed by atoms with Gasteiger partial charge in [-0.2, -0.15) is 5.10 Å². The first-order chi connectivity index (χ1) is 14.4. The molecule has 0 atom stereocenters. The van der Waals surface area contributed by atoms with Gasteiger partial charge in [0.05, 0.1) is 16.7 Å². The van der Waals surface area contributed by atoms with Crippen molar-refractivity contribution in [2.24, 2.45) is 5.10 Å². The number of nitro benzene ring substituents is 1. The lowest BCUT2D eigenvalue weighted by Crippen LogP contribution is -2.18. The molecule has 0 aliphatic heterocycles. The minimum atomic E-state index is -0.692. The maximum atomic E-state index is 12.2. The van der Waals surface area contributed by atoms with E-state index in [0.717, 1.165) is 5.56 Å². The SMILES string of the molecule is Cc1cccc(C(=O)Oc2ccc(/C=N\NC(=O)c3ccccc3[N+](=O)[O-])cc2)c1. The summed E-state index contributed by atoms with van der Waals surface area (Å²) >= 11 is 0. The Kier molecular flexibility index (Phi) is 6.29. The molecule has 0 saturated carbocycles. The van der Waals surface area contributed by atoms with Crippen molar-refractivity contribution in [3.05, 3.63) is 105 Å². The molecule has 3 aromatic rings. The second kappa shape index (κ2) is 9.24. The summed E-state index contributed by atoms with van der Waals surface area (Å²) in [5.74, 6) is -0.790. The Hall–Kier alpha value is -4.33. The monoisotopic (exact) mass is 403 g/mol. The number of carbonyl (C=O) groups excluding carboxylic acids is 2. The fourth-order valence-corrected chi connectivity index (χ4v) is 2.61. The summed E-state index contributed by atoms with van der Waals surface area (Å²) < 4.78 is 5.33. The zero-order valence-corrected chi connectivity index (χ0v) is 15.9. The van der Waals surface area contributed by atoms with Gasteiger partial charge in [0.1, 0.15) is 11.3 Å². The molecule has 0 aliphatic rings. The Labute approximate surface area is 172 Å². The molecule has 0 aliphatic carbocycles. The molecule has 3 aromatic carbocycles. The molecule has 0 saturated heterocycles. The van der Waals surface area contributed by atoms with E-state index in [4.69, 9.17) is 4.74 Å². The summed E-state index contributed by atoms with van der Waals surface area (Å²) in [4.78, 5) is 34.6. The van der Waals surface area contributed by atoms with Crippen molar-refractivity contribution in [2.45, 2.75) is 6.92 Å². The first-order valence-electron chi connectivity index (χ1n) is 8.90.